The number of halogens is 2. The third kappa shape index (κ3) is 7.67. The summed E-state index contributed by atoms with van der Waals surface area (Å²) in [6.45, 7) is 2.46. The molecule has 4 aromatic rings. The number of nitrogens with zero attached hydrogens (tertiary/aromatic N) is 1. The van der Waals surface area contributed by atoms with E-state index in [4.69, 9.17) is 4.74 Å². The van der Waals surface area contributed by atoms with Gasteiger partial charge in [-0.15, -0.1) is 0 Å². The molecule has 2 amide bonds. The van der Waals surface area contributed by atoms with Gasteiger partial charge < -0.3 is 15.0 Å². The Morgan fingerprint density at radius 2 is 1.64 bits per heavy atom. The fourth-order valence-corrected chi connectivity index (χ4v) is 5.00. The number of nitrogens with one attached hydrogen (secondary N) is 1. The quantitative estimate of drug-likeness (QED) is 0.187. The Bertz CT molecular complexity index is 1400. The fraction of sp³-hybridized carbons (Fsp3) is 0.250. The highest BCUT2D eigenvalue weighted by atomic mass is 79.9. The minimum absolute atomic E-state index is 0.139. The lowest BCUT2D eigenvalue weighted by Crippen LogP contribution is -2.51. The highest BCUT2D eigenvalue weighted by Crippen LogP contribution is 2.33. The minimum Gasteiger partial charge on any atom is -0.483 e. The number of benzene rings is 4. The van der Waals surface area contributed by atoms with Crippen LogP contribution in [0.1, 0.15) is 30.9 Å². The molecule has 0 saturated heterocycles. The second-order valence-corrected chi connectivity index (χ2v) is 10.2. The molecule has 0 aliphatic carbocycles. The monoisotopic (exact) mass is 590 g/mol. The molecule has 39 heavy (non-hydrogen) atoms. The predicted molar refractivity (Wildman–Crippen MR) is 156 cm³/mol. The maximum Gasteiger partial charge on any atom is 0.261 e. The lowest BCUT2D eigenvalue weighted by molar-refractivity contribution is -0.142. The lowest BCUT2D eigenvalue weighted by Gasteiger charge is -2.31. The average molecular weight is 592 g/mol. The van der Waals surface area contributed by atoms with Gasteiger partial charge in [0.05, 0.1) is 4.47 Å². The number of ether oxygens (including phenoxy) is 1. The molecule has 0 bridgehead atoms. The van der Waals surface area contributed by atoms with E-state index in [1.54, 1.807) is 12.1 Å². The van der Waals surface area contributed by atoms with Crippen molar-refractivity contribution in [3.63, 3.8) is 0 Å². The summed E-state index contributed by atoms with van der Waals surface area (Å²) in [5.41, 5.74) is 1.65. The van der Waals surface area contributed by atoms with Crippen molar-refractivity contribution in [3.8, 4) is 5.75 Å². The zero-order chi connectivity index (χ0) is 27.6. The van der Waals surface area contributed by atoms with E-state index in [0.717, 1.165) is 39.2 Å². The van der Waals surface area contributed by atoms with E-state index < -0.39 is 6.04 Å². The van der Waals surface area contributed by atoms with Gasteiger partial charge in [-0.1, -0.05) is 86.1 Å². The van der Waals surface area contributed by atoms with E-state index in [9.17, 15) is 14.0 Å². The van der Waals surface area contributed by atoms with E-state index >= 15 is 0 Å². The van der Waals surface area contributed by atoms with Crippen LogP contribution in [0.5, 0.6) is 5.75 Å². The molecule has 4 aromatic carbocycles. The van der Waals surface area contributed by atoms with Gasteiger partial charge in [-0.3, -0.25) is 9.59 Å². The summed E-state index contributed by atoms with van der Waals surface area (Å²) in [6.07, 6.45) is 2.12. The average Bonchev–Trinajstić information content (AvgIpc) is 2.96. The fourth-order valence-electron chi connectivity index (χ4n) is 4.39. The van der Waals surface area contributed by atoms with Crippen molar-refractivity contribution in [1.82, 2.24) is 10.2 Å². The molecule has 1 atom stereocenters. The van der Waals surface area contributed by atoms with Gasteiger partial charge in [0.1, 0.15) is 17.6 Å². The van der Waals surface area contributed by atoms with Gasteiger partial charge in [0.2, 0.25) is 5.91 Å². The number of hydrogen-bond donors (Lipinski definition) is 1. The number of carbonyl (C=O) groups is 2. The Balaban J connectivity index is 1.61. The van der Waals surface area contributed by atoms with Gasteiger partial charge in [-0.25, -0.2) is 4.39 Å². The van der Waals surface area contributed by atoms with E-state index in [2.05, 4.69) is 28.2 Å². The number of rotatable bonds is 12. The second-order valence-electron chi connectivity index (χ2n) is 9.39. The van der Waals surface area contributed by atoms with Crippen LogP contribution < -0.4 is 10.1 Å². The third-order valence-electron chi connectivity index (χ3n) is 6.55. The van der Waals surface area contributed by atoms with Gasteiger partial charge in [-0.05, 0) is 62.4 Å². The molecule has 0 aromatic heterocycles. The SMILES string of the molecule is CCCCNC(=O)C(Cc1ccccc1)N(Cc1ccc(F)cc1)C(=O)COc1ccc2ccccc2c1Br. The summed E-state index contributed by atoms with van der Waals surface area (Å²) in [4.78, 5) is 28.8. The highest BCUT2D eigenvalue weighted by Gasteiger charge is 2.30. The standard InChI is InChI=1S/C32H32BrFN2O3/c1-2-3-19-35-32(38)28(20-23-9-5-4-6-10-23)36(21-24-13-16-26(34)17-14-24)30(37)22-39-29-18-15-25-11-7-8-12-27(25)31(29)33/h4-18,28H,2-3,19-22H2,1H3,(H,35,38). The van der Waals surface area contributed by atoms with E-state index in [1.807, 2.05) is 66.7 Å². The summed E-state index contributed by atoms with van der Waals surface area (Å²) in [5.74, 6) is -0.393. The van der Waals surface area contributed by atoms with Gasteiger partial charge in [-0.2, -0.15) is 0 Å². The van der Waals surface area contributed by atoms with Crippen LogP contribution in [0.25, 0.3) is 10.8 Å². The summed E-state index contributed by atoms with van der Waals surface area (Å²) in [7, 11) is 0. The lowest BCUT2D eigenvalue weighted by atomic mass is 10.0. The molecule has 0 heterocycles. The molecule has 4 rings (SSSR count). The largest absolute Gasteiger partial charge is 0.483 e. The Hall–Kier alpha value is -3.71. The molecule has 0 aliphatic heterocycles. The molecular formula is C32H32BrFN2O3. The van der Waals surface area contributed by atoms with Gasteiger partial charge in [0.25, 0.3) is 5.91 Å². The molecule has 0 fully saturated rings. The predicted octanol–water partition coefficient (Wildman–Crippen LogP) is 6.68. The molecule has 7 heteroatoms. The first-order chi connectivity index (χ1) is 19.0. The van der Waals surface area contributed by atoms with Crippen molar-refractivity contribution < 1.29 is 18.7 Å². The molecule has 0 radical (unpaired) electrons. The van der Waals surface area contributed by atoms with E-state index in [0.29, 0.717) is 18.7 Å². The van der Waals surface area contributed by atoms with Crippen molar-refractivity contribution >= 4 is 38.5 Å². The number of unbranched alkanes of at least 4 members (excludes halogenated alkanes) is 1. The van der Waals surface area contributed by atoms with Crippen molar-refractivity contribution in [1.29, 1.82) is 0 Å². The first kappa shape index (κ1) is 28.3. The summed E-state index contributed by atoms with van der Waals surface area (Å²) >= 11 is 3.61. The van der Waals surface area contributed by atoms with Crippen LogP contribution in [0.4, 0.5) is 4.39 Å². The van der Waals surface area contributed by atoms with Crippen LogP contribution in [-0.2, 0) is 22.6 Å². The van der Waals surface area contributed by atoms with Gasteiger partial charge >= 0.3 is 0 Å². The maximum absolute atomic E-state index is 13.8. The van der Waals surface area contributed by atoms with Gasteiger partial charge in [0.15, 0.2) is 6.61 Å². The smallest absolute Gasteiger partial charge is 0.261 e. The third-order valence-corrected chi connectivity index (χ3v) is 7.36. The number of carbonyl (C=O) groups excluding carboxylic acids is 2. The van der Waals surface area contributed by atoms with Crippen molar-refractivity contribution in [2.75, 3.05) is 13.2 Å². The Morgan fingerprint density at radius 1 is 0.923 bits per heavy atom. The Morgan fingerprint density at radius 3 is 2.38 bits per heavy atom. The minimum atomic E-state index is -0.773. The Kier molecular flexibility index (Phi) is 10.1. The summed E-state index contributed by atoms with van der Waals surface area (Å²) in [6, 6.07) is 26.5. The zero-order valence-corrected chi connectivity index (χ0v) is 23.5. The van der Waals surface area contributed by atoms with Crippen molar-refractivity contribution in [2.45, 2.75) is 38.8 Å². The molecule has 202 valence electrons. The van der Waals surface area contributed by atoms with E-state index in [1.165, 1.54) is 17.0 Å². The molecule has 1 N–H and O–H groups in total. The number of fused-ring (bicyclic) bond motifs is 1. The summed E-state index contributed by atoms with van der Waals surface area (Å²) < 4.78 is 20.4. The molecule has 1 unspecified atom stereocenters. The highest BCUT2D eigenvalue weighted by molar-refractivity contribution is 9.10. The summed E-state index contributed by atoms with van der Waals surface area (Å²) in [5, 5.41) is 5.02. The van der Waals surface area contributed by atoms with Gasteiger partial charge in [0, 0.05) is 19.5 Å². The van der Waals surface area contributed by atoms with Crippen LogP contribution in [-0.4, -0.2) is 35.9 Å². The zero-order valence-electron chi connectivity index (χ0n) is 21.9. The van der Waals surface area contributed by atoms with Crippen LogP contribution in [0, 0.1) is 5.82 Å². The van der Waals surface area contributed by atoms with Crippen molar-refractivity contribution in [3.05, 3.63) is 112 Å². The van der Waals surface area contributed by atoms with Crippen LogP contribution in [0.15, 0.2) is 95.5 Å². The number of amides is 2. The molecule has 0 saturated carbocycles. The second kappa shape index (κ2) is 13.9. The normalized spacial score (nSPS) is 11.7. The first-order valence-electron chi connectivity index (χ1n) is 13.1. The first-order valence-corrected chi connectivity index (χ1v) is 13.9. The molecule has 0 aliphatic rings. The Labute approximate surface area is 237 Å². The molecule has 0 spiro atoms. The van der Waals surface area contributed by atoms with Crippen molar-refractivity contribution in [2.24, 2.45) is 0 Å². The van der Waals surface area contributed by atoms with Crippen LogP contribution in [0.3, 0.4) is 0 Å². The van der Waals surface area contributed by atoms with Crippen LogP contribution in [0.2, 0.25) is 0 Å². The molecular weight excluding hydrogens is 559 g/mol. The van der Waals surface area contributed by atoms with E-state index in [-0.39, 0.29) is 30.8 Å². The number of hydrogen-bond acceptors (Lipinski definition) is 3. The topological polar surface area (TPSA) is 58.6 Å². The van der Waals surface area contributed by atoms with Crippen LogP contribution >= 0.6 is 15.9 Å². The molecule has 5 nitrogen and oxygen atoms in total. The maximum atomic E-state index is 13.8.